The number of aliphatic carboxylic acids is 1. The molecule has 0 aliphatic carbocycles. The third kappa shape index (κ3) is 1.48. The van der Waals surface area contributed by atoms with E-state index in [0.717, 1.165) is 5.56 Å². The smallest absolute Gasteiger partial charge is 0.337 e. The Morgan fingerprint density at radius 3 is 3.07 bits per heavy atom. The largest absolute Gasteiger partial charge is 0.479 e. The summed E-state index contributed by atoms with van der Waals surface area (Å²) in [6, 6.07) is 4.18. The minimum absolute atomic E-state index is 0.371. The maximum Gasteiger partial charge on any atom is 0.337 e. The molecule has 1 aromatic carbocycles. The molecule has 0 radical (unpaired) electrons. The quantitative estimate of drug-likeness (QED) is 0.740. The van der Waals surface area contributed by atoms with Gasteiger partial charge in [-0.1, -0.05) is 6.07 Å². The van der Waals surface area contributed by atoms with Crippen molar-refractivity contribution >= 4 is 5.97 Å². The Kier molecular flexibility index (Phi) is 2.21. The van der Waals surface area contributed by atoms with Crippen LogP contribution in [0.3, 0.4) is 0 Å². The van der Waals surface area contributed by atoms with Gasteiger partial charge in [-0.2, -0.15) is 0 Å². The summed E-state index contributed by atoms with van der Waals surface area (Å²) < 4.78 is 17.9. The molecular weight excluding hydrogens is 187 g/mol. The number of carbonyl (C=O) groups is 1. The lowest BCUT2D eigenvalue weighted by molar-refractivity contribution is -0.151. The maximum atomic E-state index is 12.9. The van der Waals surface area contributed by atoms with Crippen molar-refractivity contribution < 1.29 is 19.0 Å². The van der Waals surface area contributed by atoms with Gasteiger partial charge in [-0.25, -0.2) is 9.18 Å². The lowest BCUT2D eigenvalue weighted by Gasteiger charge is -2.22. The molecule has 74 valence electrons. The van der Waals surface area contributed by atoms with Crippen molar-refractivity contribution in [3.05, 3.63) is 35.1 Å². The summed E-state index contributed by atoms with van der Waals surface area (Å²) in [5.41, 5.74) is 1.29. The number of carboxylic acids is 1. The van der Waals surface area contributed by atoms with E-state index in [-0.39, 0.29) is 0 Å². The van der Waals surface area contributed by atoms with Gasteiger partial charge in [0.25, 0.3) is 0 Å². The highest BCUT2D eigenvalue weighted by atomic mass is 19.1. The van der Waals surface area contributed by atoms with Crippen LogP contribution >= 0.6 is 0 Å². The van der Waals surface area contributed by atoms with E-state index in [1.54, 1.807) is 6.07 Å². The van der Waals surface area contributed by atoms with Crippen LogP contribution in [0.5, 0.6) is 0 Å². The fraction of sp³-hybridized carbons (Fsp3) is 0.300. The monoisotopic (exact) mass is 196 g/mol. The Bertz CT molecular complexity index is 376. The molecule has 2 rings (SSSR count). The Balaban J connectivity index is 2.46. The molecule has 0 amide bonds. The minimum Gasteiger partial charge on any atom is -0.479 e. The highest BCUT2D eigenvalue weighted by molar-refractivity contribution is 5.75. The zero-order valence-electron chi connectivity index (χ0n) is 7.37. The highest BCUT2D eigenvalue weighted by Crippen LogP contribution is 2.27. The van der Waals surface area contributed by atoms with Crippen LogP contribution in [-0.2, 0) is 16.0 Å². The summed E-state index contributed by atoms with van der Waals surface area (Å²) in [5, 5.41) is 8.83. The van der Waals surface area contributed by atoms with Crippen molar-refractivity contribution in [1.29, 1.82) is 0 Å². The fourth-order valence-corrected chi connectivity index (χ4v) is 1.62. The van der Waals surface area contributed by atoms with Crippen LogP contribution in [0.15, 0.2) is 18.2 Å². The second kappa shape index (κ2) is 3.38. The zero-order chi connectivity index (χ0) is 10.1. The van der Waals surface area contributed by atoms with Gasteiger partial charge >= 0.3 is 5.97 Å². The molecule has 1 atom stereocenters. The molecule has 1 aromatic rings. The van der Waals surface area contributed by atoms with Gasteiger partial charge in [-0.3, -0.25) is 0 Å². The summed E-state index contributed by atoms with van der Waals surface area (Å²) in [7, 11) is 0. The molecule has 0 fully saturated rings. The number of carboxylic acid groups (broad SMARTS) is 1. The van der Waals surface area contributed by atoms with Crippen LogP contribution in [0.4, 0.5) is 4.39 Å². The minimum atomic E-state index is -1.07. The summed E-state index contributed by atoms with van der Waals surface area (Å²) in [6.45, 7) is 0.371. The molecule has 1 heterocycles. The van der Waals surface area contributed by atoms with Crippen LogP contribution in [0, 0.1) is 5.82 Å². The first-order chi connectivity index (χ1) is 6.68. The Hall–Kier alpha value is -1.42. The first-order valence-electron chi connectivity index (χ1n) is 4.31. The van der Waals surface area contributed by atoms with Crippen molar-refractivity contribution in [2.24, 2.45) is 0 Å². The number of fused-ring (bicyclic) bond motifs is 1. The van der Waals surface area contributed by atoms with E-state index in [0.29, 0.717) is 18.6 Å². The zero-order valence-corrected chi connectivity index (χ0v) is 7.37. The molecular formula is C10H9FO3. The SMILES string of the molecule is O=C(O)C1OCCc2ccc(F)cc21. The summed E-state index contributed by atoms with van der Waals surface area (Å²) in [5.74, 6) is -1.50. The molecule has 14 heavy (non-hydrogen) atoms. The number of ether oxygens (including phenoxy) is 1. The number of hydrogen-bond donors (Lipinski definition) is 1. The van der Waals surface area contributed by atoms with Gasteiger partial charge in [-0.15, -0.1) is 0 Å². The topological polar surface area (TPSA) is 46.5 Å². The van der Waals surface area contributed by atoms with Gasteiger partial charge in [0.15, 0.2) is 6.10 Å². The predicted molar refractivity (Wildman–Crippen MR) is 46.4 cm³/mol. The fourth-order valence-electron chi connectivity index (χ4n) is 1.62. The third-order valence-electron chi connectivity index (χ3n) is 2.27. The predicted octanol–water partition coefficient (Wildman–Crippen LogP) is 1.52. The average molecular weight is 196 g/mol. The molecule has 0 saturated heterocycles. The molecule has 0 saturated carbocycles. The third-order valence-corrected chi connectivity index (χ3v) is 2.27. The Morgan fingerprint density at radius 2 is 2.36 bits per heavy atom. The normalized spacial score (nSPS) is 20.2. The van der Waals surface area contributed by atoms with E-state index in [2.05, 4.69) is 0 Å². The van der Waals surface area contributed by atoms with E-state index < -0.39 is 17.9 Å². The average Bonchev–Trinajstić information content (AvgIpc) is 2.16. The standard InChI is InChI=1S/C10H9FO3/c11-7-2-1-6-3-4-14-9(10(12)13)8(6)5-7/h1-2,5,9H,3-4H2,(H,12,13). The number of rotatable bonds is 1. The summed E-state index contributed by atoms with van der Waals surface area (Å²) in [6.07, 6.45) is -0.381. The van der Waals surface area contributed by atoms with Crippen LogP contribution < -0.4 is 0 Å². The van der Waals surface area contributed by atoms with Gasteiger partial charge < -0.3 is 9.84 Å². The molecule has 0 bridgehead atoms. The lowest BCUT2D eigenvalue weighted by Crippen LogP contribution is -2.23. The van der Waals surface area contributed by atoms with Gasteiger partial charge in [0, 0.05) is 0 Å². The number of benzene rings is 1. The van der Waals surface area contributed by atoms with Gasteiger partial charge in [-0.05, 0) is 29.7 Å². The van der Waals surface area contributed by atoms with Gasteiger partial charge in [0.1, 0.15) is 5.82 Å². The van der Waals surface area contributed by atoms with Crippen LogP contribution in [0.2, 0.25) is 0 Å². The van der Waals surface area contributed by atoms with E-state index in [9.17, 15) is 9.18 Å². The molecule has 3 nitrogen and oxygen atoms in total. The van der Waals surface area contributed by atoms with Crippen molar-refractivity contribution in [3.8, 4) is 0 Å². The maximum absolute atomic E-state index is 12.9. The second-order valence-electron chi connectivity index (χ2n) is 3.18. The van der Waals surface area contributed by atoms with Crippen LogP contribution in [0.1, 0.15) is 17.2 Å². The Morgan fingerprint density at radius 1 is 1.57 bits per heavy atom. The molecule has 0 spiro atoms. The molecule has 1 unspecified atom stereocenters. The van der Waals surface area contributed by atoms with Crippen LogP contribution in [-0.4, -0.2) is 17.7 Å². The Labute approximate surface area is 80.1 Å². The van der Waals surface area contributed by atoms with Crippen molar-refractivity contribution in [2.45, 2.75) is 12.5 Å². The summed E-state index contributed by atoms with van der Waals surface area (Å²) in [4.78, 5) is 10.8. The van der Waals surface area contributed by atoms with E-state index >= 15 is 0 Å². The van der Waals surface area contributed by atoms with Crippen LogP contribution in [0.25, 0.3) is 0 Å². The first kappa shape index (κ1) is 9.15. The molecule has 0 aromatic heterocycles. The lowest BCUT2D eigenvalue weighted by atomic mass is 9.97. The van der Waals surface area contributed by atoms with Gasteiger partial charge in [0.05, 0.1) is 6.61 Å². The number of halogens is 1. The van der Waals surface area contributed by atoms with E-state index in [1.165, 1.54) is 12.1 Å². The molecule has 1 aliphatic rings. The van der Waals surface area contributed by atoms with E-state index in [1.807, 2.05) is 0 Å². The molecule has 4 heteroatoms. The van der Waals surface area contributed by atoms with Crippen molar-refractivity contribution in [1.82, 2.24) is 0 Å². The van der Waals surface area contributed by atoms with E-state index in [4.69, 9.17) is 9.84 Å². The van der Waals surface area contributed by atoms with Crippen molar-refractivity contribution in [2.75, 3.05) is 6.61 Å². The first-order valence-corrected chi connectivity index (χ1v) is 4.31. The highest BCUT2D eigenvalue weighted by Gasteiger charge is 2.27. The van der Waals surface area contributed by atoms with Crippen molar-refractivity contribution in [3.63, 3.8) is 0 Å². The number of hydrogen-bond acceptors (Lipinski definition) is 2. The van der Waals surface area contributed by atoms with Gasteiger partial charge in [0.2, 0.25) is 0 Å². The molecule has 1 aliphatic heterocycles. The molecule has 1 N–H and O–H groups in total. The summed E-state index contributed by atoms with van der Waals surface area (Å²) >= 11 is 0. The second-order valence-corrected chi connectivity index (χ2v) is 3.18.